The van der Waals surface area contributed by atoms with Gasteiger partial charge >= 0.3 is 0 Å². The lowest BCUT2D eigenvalue weighted by Crippen LogP contribution is -2.14. The summed E-state index contributed by atoms with van der Waals surface area (Å²) in [6.45, 7) is 5.98. The Hall–Kier alpha value is -1.13. The molecule has 0 spiro atoms. The summed E-state index contributed by atoms with van der Waals surface area (Å²) in [5.41, 5.74) is 4.68. The molecule has 2 nitrogen and oxygen atoms in total. The number of carbonyl (C=O) groups is 1. The lowest BCUT2D eigenvalue weighted by Gasteiger charge is -2.13. The maximum atomic E-state index is 12.4. The van der Waals surface area contributed by atoms with Gasteiger partial charge in [0.1, 0.15) is 0 Å². The van der Waals surface area contributed by atoms with Gasteiger partial charge in [-0.05, 0) is 81.5 Å². The van der Waals surface area contributed by atoms with Crippen LogP contribution in [0.25, 0.3) is 0 Å². The molecule has 0 radical (unpaired) electrons. The third kappa shape index (κ3) is 3.13. The Labute approximate surface area is 135 Å². The van der Waals surface area contributed by atoms with Crippen LogP contribution in [0.15, 0.2) is 39.3 Å². The van der Waals surface area contributed by atoms with Crippen LogP contribution in [0.2, 0.25) is 0 Å². The van der Waals surface area contributed by atoms with E-state index in [9.17, 15) is 4.79 Å². The fraction of sp³-hybridized carbons (Fsp3) is 0.188. The molecule has 0 aliphatic heterocycles. The minimum absolute atomic E-state index is 0.117. The molecule has 4 heteroatoms. The molecule has 104 valence electrons. The standard InChI is InChI=1S/C16H15Br2NO/c1-9-7-11(3)15(13(17)8-9)19-16(20)12-6-4-5-10(2)14(12)18/h4-8H,1-3H3,(H,19,20). The topological polar surface area (TPSA) is 29.1 Å². The molecule has 2 aromatic rings. The molecule has 0 saturated heterocycles. The van der Waals surface area contributed by atoms with Gasteiger partial charge in [0.2, 0.25) is 0 Å². The molecule has 0 heterocycles. The first-order valence-electron chi connectivity index (χ1n) is 6.23. The first kappa shape index (κ1) is 15.3. The van der Waals surface area contributed by atoms with E-state index in [2.05, 4.69) is 37.2 Å². The van der Waals surface area contributed by atoms with E-state index in [1.54, 1.807) is 0 Å². The fourth-order valence-corrected chi connectivity index (χ4v) is 3.30. The highest BCUT2D eigenvalue weighted by atomic mass is 79.9. The normalized spacial score (nSPS) is 10.4. The van der Waals surface area contributed by atoms with Gasteiger partial charge in [0, 0.05) is 8.95 Å². The highest BCUT2D eigenvalue weighted by Gasteiger charge is 2.14. The largest absolute Gasteiger partial charge is 0.321 e. The Morgan fingerprint density at radius 2 is 1.75 bits per heavy atom. The Bertz CT molecular complexity index is 657. The average molecular weight is 397 g/mol. The third-order valence-electron chi connectivity index (χ3n) is 3.11. The van der Waals surface area contributed by atoms with Crippen molar-refractivity contribution in [1.82, 2.24) is 0 Å². The first-order chi connectivity index (χ1) is 9.40. The zero-order valence-electron chi connectivity index (χ0n) is 11.6. The molecule has 0 aromatic heterocycles. The number of rotatable bonds is 2. The summed E-state index contributed by atoms with van der Waals surface area (Å²) in [4.78, 5) is 12.4. The lowest BCUT2D eigenvalue weighted by atomic mass is 10.1. The molecule has 20 heavy (non-hydrogen) atoms. The van der Waals surface area contributed by atoms with Crippen LogP contribution < -0.4 is 5.32 Å². The molecule has 2 rings (SSSR count). The van der Waals surface area contributed by atoms with E-state index in [1.807, 2.05) is 51.1 Å². The number of nitrogens with one attached hydrogen (secondary N) is 1. The van der Waals surface area contributed by atoms with E-state index in [1.165, 1.54) is 0 Å². The molecule has 0 aliphatic carbocycles. The monoisotopic (exact) mass is 395 g/mol. The van der Waals surface area contributed by atoms with Crippen molar-refractivity contribution >= 4 is 43.5 Å². The predicted molar refractivity (Wildman–Crippen MR) is 90.4 cm³/mol. The van der Waals surface area contributed by atoms with E-state index in [-0.39, 0.29) is 5.91 Å². The second-order valence-electron chi connectivity index (χ2n) is 4.83. The number of carbonyl (C=O) groups excluding carboxylic acids is 1. The van der Waals surface area contributed by atoms with Gasteiger partial charge in [-0.1, -0.05) is 18.2 Å². The van der Waals surface area contributed by atoms with Crippen molar-refractivity contribution in [2.45, 2.75) is 20.8 Å². The van der Waals surface area contributed by atoms with Gasteiger partial charge in [-0.25, -0.2) is 0 Å². The number of aryl methyl sites for hydroxylation is 3. The van der Waals surface area contributed by atoms with E-state index in [0.29, 0.717) is 5.56 Å². The zero-order chi connectivity index (χ0) is 14.9. The van der Waals surface area contributed by atoms with E-state index < -0.39 is 0 Å². The molecule has 1 N–H and O–H groups in total. The Balaban J connectivity index is 2.36. The second-order valence-corrected chi connectivity index (χ2v) is 6.48. The molecule has 0 saturated carbocycles. The van der Waals surface area contributed by atoms with Gasteiger partial charge in [-0.2, -0.15) is 0 Å². The van der Waals surface area contributed by atoms with Gasteiger partial charge in [-0.3, -0.25) is 4.79 Å². The van der Waals surface area contributed by atoms with Gasteiger partial charge < -0.3 is 5.32 Å². The molecule has 0 aliphatic rings. The summed E-state index contributed by atoms with van der Waals surface area (Å²) in [5, 5.41) is 2.97. The first-order valence-corrected chi connectivity index (χ1v) is 7.82. The van der Waals surface area contributed by atoms with Crippen molar-refractivity contribution in [3.63, 3.8) is 0 Å². The average Bonchev–Trinajstić information content (AvgIpc) is 2.36. The van der Waals surface area contributed by atoms with Crippen LogP contribution in [0.1, 0.15) is 27.0 Å². The van der Waals surface area contributed by atoms with Crippen LogP contribution in [0.5, 0.6) is 0 Å². The quantitative estimate of drug-likeness (QED) is 0.724. The molecule has 1 amide bonds. The van der Waals surface area contributed by atoms with Crippen LogP contribution in [-0.2, 0) is 0 Å². The second kappa shape index (κ2) is 6.10. The van der Waals surface area contributed by atoms with E-state index in [4.69, 9.17) is 0 Å². The Morgan fingerprint density at radius 1 is 1.05 bits per heavy atom. The van der Waals surface area contributed by atoms with Crippen LogP contribution >= 0.6 is 31.9 Å². The summed E-state index contributed by atoms with van der Waals surface area (Å²) >= 11 is 6.98. The maximum Gasteiger partial charge on any atom is 0.256 e. The van der Waals surface area contributed by atoms with Crippen molar-refractivity contribution in [1.29, 1.82) is 0 Å². The smallest absolute Gasteiger partial charge is 0.256 e. The number of hydrogen-bond acceptors (Lipinski definition) is 1. The van der Waals surface area contributed by atoms with E-state index >= 15 is 0 Å². The predicted octanol–water partition coefficient (Wildman–Crippen LogP) is 5.39. The highest BCUT2D eigenvalue weighted by Crippen LogP contribution is 2.29. The molecule has 0 bridgehead atoms. The summed E-state index contributed by atoms with van der Waals surface area (Å²) in [7, 11) is 0. The van der Waals surface area contributed by atoms with Gasteiger partial charge in [0.25, 0.3) is 5.91 Å². The van der Waals surface area contributed by atoms with Crippen molar-refractivity contribution in [2.24, 2.45) is 0 Å². The lowest BCUT2D eigenvalue weighted by molar-refractivity contribution is 0.102. The maximum absolute atomic E-state index is 12.4. The molecule has 2 aromatic carbocycles. The van der Waals surface area contributed by atoms with Crippen molar-refractivity contribution < 1.29 is 4.79 Å². The van der Waals surface area contributed by atoms with Gasteiger partial charge in [0.05, 0.1) is 11.3 Å². The summed E-state index contributed by atoms with van der Waals surface area (Å²) in [5.74, 6) is -0.117. The minimum atomic E-state index is -0.117. The van der Waals surface area contributed by atoms with Crippen LogP contribution in [0.4, 0.5) is 5.69 Å². The minimum Gasteiger partial charge on any atom is -0.321 e. The van der Waals surface area contributed by atoms with Gasteiger partial charge in [-0.15, -0.1) is 0 Å². The summed E-state index contributed by atoms with van der Waals surface area (Å²) in [6.07, 6.45) is 0. The summed E-state index contributed by atoms with van der Waals surface area (Å²) < 4.78 is 1.73. The van der Waals surface area contributed by atoms with Crippen molar-refractivity contribution in [3.05, 3.63) is 61.5 Å². The van der Waals surface area contributed by atoms with Crippen LogP contribution in [0, 0.1) is 20.8 Å². The Morgan fingerprint density at radius 3 is 2.40 bits per heavy atom. The zero-order valence-corrected chi connectivity index (χ0v) is 14.7. The number of amides is 1. The summed E-state index contributed by atoms with van der Waals surface area (Å²) in [6, 6.07) is 9.70. The number of benzene rings is 2. The van der Waals surface area contributed by atoms with Crippen LogP contribution in [0.3, 0.4) is 0 Å². The number of halogens is 2. The Kier molecular flexibility index (Phi) is 4.66. The third-order valence-corrected chi connectivity index (χ3v) is 4.78. The van der Waals surface area contributed by atoms with E-state index in [0.717, 1.165) is 31.3 Å². The molecule has 0 fully saturated rings. The molecular formula is C16H15Br2NO. The SMILES string of the molecule is Cc1cc(C)c(NC(=O)c2cccc(C)c2Br)c(Br)c1. The van der Waals surface area contributed by atoms with Crippen LogP contribution in [-0.4, -0.2) is 5.91 Å². The molecule has 0 unspecified atom stereocenters. The number of hydrogen-bond donors (Lipinski definition) is 1. The molecular weight excluding hydrogens is 382 g/mol. The fourth-order valence-electron chi connectivity index (χ4n) is 2.08. The van der Waals surface area contributed by atoms with Gasteiger partial charge in [0.15, 0.2) is 0 Å². The van der Waals surface area contributed by atoms with Crippen molar-refractivity contribution in [2.75, 3.05) is 5.32 Å². The van der Waals surface area contributed by atoms with Crippen molar-refractivity contribution in [3.8, 4) is 0 Å². The highest BCUT2D eigenvalue weighted by molar-refractivity contribution is 9.11. The number of anilines is 1. The molecule has 0 atom stereocenters.